The van der Waals surface area contributed by atoms with Gasteiger partial charge in [-0.1, -0.05) is 24.3 Å². The summed E-state index contributed by atoms with van der Waals surface area (Å²) in [5, 5.41) is 8.24. The first-order valence-corrected chi connectivity index (χ1v) is 25.6. The highest BCUT2D eigenvalue weighted by atomic mass is 32.2. The summed E-state index contributed by atoms with van der Waals surface area (Å²) in [5.41, 5.74) is 4.27. The normalized spacial score (nSPS) is 15.6. The maximum atomic E-state index is 13.5. The second kappa shape index (κ2) is 19.9. The summed E-state index contributed by atoms with van der Waals surface area (Å²) in [6.45, 7) is 3.96. The van der Waals surface area contributed by atoms with E-state index in [2.05, 4.69) is 39.6 Å². The van der Waals surface area contributed by atoms with E-state index in [1.165, 1.54) is 70.5 Å². The molecule has 10 rings (SSSR count). The molecule has 0 radical (unpaired) electrons. The van der Waals surface area contributed by atoms with Gasteiger partial charge in [0, 0.05) is 96.5 Å². The van der Waals surface area contributed by atoms with Crippen molar-refractivity contribution in [3.8, 4) is 34.0 Å². The van der Waals surface area contributed by atoms with E-state index in [-0.39, 0.29) is 46.7 Å². The maximum Gasteiger partial charge on any atom is 0.416 e. The Morgan fingerprint density at radius 2 is 0.919 bits per heavy atom. The Morgan fingerprint density at radius 1 is 0.527 bits per heavy atom. The molecule has 0 spiro atoms. The Morgan fingerprint density at radius 3 is 1.27 bits per heavy atom. The van der Waals surface area contributed by atoms with E-state index in [0.717, 1.165) is 24.3 Å². The van der Waals surface area contributed by atoms with Gasteiger partial charge in [0.25, 0.3) is 20.0 Å². The molecule has 0 amide bonds. The lowest BCUT2D eigenvalue weighted by Gasteiger charge is -2.28. The molecule has 2 aliphatic heterocycles. The van der Waals surface area contributed by atoms with Crippen molar-refractivity contribution in [2.24, 2.45) is 14.1 Å². The number of aryl methyl sites for hydroxylation is 4. The van der Waals surface area contributed by atoms with Crippen LogP contribution in [0.2, 0.25) is 0 Å². The van der Waals surface area contributed by atoms with E-state index in [1.807, 2.05) is 0 Å². The molecule has 384 valence electrons. The molecule has 24 heteroatoms. The largest absolute Gasteiger partial charge is 0.493 e. The first-order chi connectivity index (χ1) is 35.1. The quantitative estimate of drug-likeness (QED) is 0.123. The van der Waals surface area contributed by atoms with Gasteiger partial charge in [0.2, 0.25) is 11.9 Å². The van der Waals surface area contributed by atoms with E-state index in [9.17, 15) is 43.2 Å². The third kappa shape index (κ3) is 10.8. The SMILES string of the molecule is Cc1ccnc(NS(=O)(=O)c2ccc3c(c2)OCC[C@@H]3c2ccc(C(F)(F)F)cc2-c2ccnn2C)n1.Cc1ccnc(NS(=O)(=O)c2ccc3c(c2)OCC[C@H]3c2ccc(C(F)(F)F)cc2-c2ccnn2C)n1. The summed E-state index contributed by atoms with van der Waals surface area (Å²) in [5.74, 6) is -0.0500. The van der Waals surface area contributed by atoms with Crippen LogP contribution in [0.25, 0.3) is 22.5 Å². The van der Waals surface area contributed by atoms with Crippen LogP contribution >= 0.6 is 0 Å². The number of ether oxygens (including phenoxy) is 2. The topological polar surface area (TPSA) is 198 Å². The zero-order valence-electron chi connectivity index (χ0n) is 39.6. The van der Waals surface area contributed by atoms with Crippen molar-refractivity contribution in [1.82, 2.24) is 39.5 Å². The molecule has 2 atom stereocenters. The molecule has 8 aromatic rings. The molecular weight excluding hydrogens is 1010 g/mol. The number of hydrogen-bond donors (Lipinski definition) is 2. The smallest absolute Gasteiger partial charge is 0.416 e. The van der Waals surface area contributed by atoms with Crippen molar-refractivity contribution >= 4 is 31.9 Å². The molecule has 2 N–H and O–H groups in total. The third-order valence-electron chi connectivity index (χ3n) is 12.4. The minimum atomic E-state index is -4.50. The van der Waals surface area contributed by atoms with Crippen LogP contribution in [0, 0.1) is 13.8 Å². The Labute approximate surface area is 420 Å². The van der Waals surface area contributed by atoms with Crippen molar-refractivity contribution in [2.75, 3.05) is 22.7 Å². The van der Waals surface area contributed by atoms with Crippen molar-refractivity contribution in [2.45, 2.75) is 60.7 Å². The third-order valence-corrected chi connectivity index (χ3v) is 15.1. The molecule has 0 unspecified atom stereocenters. The molecule has 0 saturated heterocycles. The van der Waals surface area contributed by atoms with E-state index in [0.29, 0.717) is 80.5 Å². The lowest BCUT2D eigenvalue weighted by molar-refractivity contribution is -0.138. The summed E-state index contributed by atoms with van der Waals surface area (Å²) < 4.78 is 152. The minimum Gasteiger partial charge on any atom is -0.493 e. The Hall–Kier alpha value is -7.86. The average Bonchev–Trinajstić information content (AvgIpc) is 3.99. The summed E-state index contributed by atoms with van der Waals surface area (Å²) in [4.78, 5) is 15.9. The first-order valence-electron chi connectivity index (χ1n) is 22.6. The highest BCUT2D eigenvalue weighted by Crippen LogP contribution is 2.46. The molecule has 0 fully saturated rings. The van der Waals surface area contributed by atoms with Gasteiger partial charge in [-0.15, -0.1) is 0 Å². The number of alkyl halides is 6. The molecule has 0 saturated carbocycles. The molecule has 6 heterocycles. The van der Waals surface area contributed by atoms with E-state index < -0.39 is 43.5 Å². The van der Waals surface area contributed by atoms with Gasteiger partial charge in [0.1, 0.15) is 11.5 Å². The predicted octanol–water partition coefficient (Wildman–Crippen LogP) is 9.84. The number of anilines is 2. The number of halogens is 6. The van der Waals surface area contributed by atoms with Crippen LogP contribution in [0.1, 0.15) is 69.4 Å². The number of aromatic nitrogens is 8. The number of rotatable bonds is 10. The Kier molecular flexibility index (Phi) is 13.7. The summed E-state index contributed by atoms with van der Waals surface area (Å²) >= 11 is 0. The van der Waals surface area contributed by atoms with Gasteiger partial charge in [-0.25, -0.2) is 46.2 Å². The monoisotopic (exact) mass is 1060 g/mol. The van der Waals surface area contributed by atoms with Crippen LogP contribution in [0.5, 0.6) is 11.5 Å². The molecule has 74 heavy (non-hydrogen) atoms. The van der Waals surface area contributed by atoms with Gasteiger partial charge >= 0.3 is 12.4 Å². The maximum absolute atomic E-state index is 13.5. The van der Waals surface area contributed by atoms with Crippen LogP contribution in [0.15, 0.2) is 132 Å². The van der Waals surface area contributed by atoms with Crippen molar-refractivity contribution in [3.63, 3.8) is 0 Å². The number of sulfonamides is 2. The van der Waals surface area contributed by atoms with Gasteiger partial charge < -0.3 is 9.47 Å². The predicted molar refractivity (Wildman–Crippen MR) is 259 cm³/mol. The van der Waals surface area contributed by atoms with Crippen LogP contribution in [0.3, 0.4) is 0 Å². The summed E-state index contributed by atoms with van der Waals surface area (Å²) in [7, 11) is -4.68. The highest BCUT2D eigenvalue weighted by Gasteiger charge is 2.36. The fourth-order valence-electron chi connectivity index (χ4n) is 8.87. The van der Waals surface area contributed by atoms with Gasteiger partial charge in [0.15, 0.2) is 0 Å². The second-order valence-electron chi connectivity index (χ2n) is 17.3. The molecule has 2 aliphatic rings. The van der Waals surface area contributed by atoms with Crippen LogP contribution in [-0.4, -0.2) is 69.5 Å². The zero-order valence-corrected chi connectivity index (χ0v) is 41.3. The molecule has 4 aromatic heterocycles. The Bertz CT molecular complexity index is 3410. The number of fused-ring (bicyclic) bond motifs is 2. The van der Waals surface area contributed by atoms with E-state index >= 15 is 0 Å². The zero-order chi connectivity index (χ0) is 52.7. The average molecular weight is 1060 g/mol. The minimum absolute atomic E-state index is 0.0451. The van der Waals surface area contributed by atoms with Crippen molar-refractivity contribution in [3.05, 3.63) is 167 Å². The molecular formula is C50H44F6N10O6S2. The molecule has 4 aromatic carbocycles. The van der Waals surface area contributed by atoms with E-state index in [1.54, 1.807) is 64.3 Å². The highest BCUT2D eigenvalue weighted by molar-refractivity contribution is 7.93. The number of nitrogens with zero attached hydrogens (tertiary/aromatic N) is 8. The van der Waals surface area contributed by atoms with Crippen molar-refractivity contribution < 1.29 is 52.7 Å². The van der Waals surface area contributed by atoms with Gasteiger partial charge in [0.05, 0.1) is 45.5 Å². The number of nitrogens with one attached hydrogen (secondary N) is 2. The van der Waals surface area contributed by atoms with Crippen LogP contribution < -0.4 is 18.9 Å². The molecule has 0 bridgehead atoms. The lowest BCUT2D eigenvalue weighted by atomic mass is 9.83. The first kappa shape index (κ1) is 51.1. The van der Waals surface area contributed by atoms with E-state index in [4.69, 9.17) is 9.47 Å². The lowest BCUT2D eigenvalue weighted by Crippen LogP contribution is -2.19. The number of benzene rings is 4. The van der Waals surface area contributed by atoms with Gasteiger partial charge in [-0.05, 0) is 98.5 Å². The Balaban J connectivity index is 0.000000182. The van der Waals surface area contributed by atoms with Gasteiger partial charge in [-0.2, -0.15) is 36.5 Å². The fourth-order valence-corrected chi connectivity index (χ4v) is 10.8. The van der Waals surface area contributed by atoms with Crippen LogP contribution in [0.4, 0.5) is 38.2 Å². The van der Waals surface area contributed by atoms with Crippen molar-refractivity contribution in [1.29, 1.82) is 0 Å². The molecule has 16 nitrogen and oxygen atoms in total. The number of hydrogen-bond acceptors (Lipinski definition) is 12. The standard InChI is InChI=1S/2C25H22F3N5O3S/c2*1-15-7-10-29-24(31-15)32-37(34,35)17-4-6-20-19(9-12-36-23(20)14-17)18-5-3-16(25(26,27)28)13-21(18)22-8-11-30-33(22)2/h2*3-8,10-11,13-14,19H,9,12H2,1-2H3,(H,29,31,32)/t2*19-/m10/s1. The summed E-state index contributed by atoms with van der Waals surface area (Å²) in [6.07, 6.45) is -2.04. The molecule has 0 aliphatic carbocycles. The second-order valence-corrected chi connectivity index (χ2v) is 20.7. The van der Waals surface area contributed by atoms with Gasteiger partial charge in [-0.3, -0.25) is 9.36 Å². The van der Waals surface area contributed by atoms with Crippen LogP contribution in [-0.2, 0) is 46.5 Å². The summed E-state index contributed by atoms with van der Waals surface area (Å²) in [6, 6.07) is 22.9. The fraction of sp³-hybridized carbons (Fsp3) is 0.240.